The number of benzene rings is 1. The number of likely N-dealkylation sites (N-methyl/N-ethyl adjacent to an activating group) is 1. The Morgan fingerprint density at radius 2 is 1.96 bits per heavy atom. The highest BCUT2D eigenvalue weighted by Crippen LogP contribution is 2.20. The van der Waals surface area contributed by atoms with Crippen molar-refractivity contribution >= 4 is 5.69 Å². The number of aromatic nitrogens is 4. The van der Waals surface area contributed by atoms with E-state index in [0.717, 1.165) is 57.0 Å². The molecule has 1 N–H and O–H groups in total. The number of nitrogens with zero attached hydrogens (tertiary/aromatic N) is 5. The molecule has 1 saturated heterocycles. The summed E-state index contributed by atoms with van der Waals surface area (Å²) < 4.78 is 1.99. The lowest BCUT2D eigenvalue weighted by Gasteiger charge is -2.34. The second-order valence-corrected chi connectivity index (χ2v) is 7.39. The summed E-state index contributed by atoms with van der Waals surface area (Å²) in [6, 6.07) is 8.82. The van der Waals surface area contributed by atoms with E-state index in [2.05, 4.69) is 69.3 Å². The fourth-order valence-corrected chi connectivity index (χ4v) is 3.58. The monoisotopic (exact) mass is 364 g/mol. The van der Waals surface area contributed by atoms with Crippen molar-refractivity contribution in [2.45, 2.75) is 26.3 Å². The molecule has 1 aromatic carbocycles. The lowest BCUT2D eigenvalue weighted by Crippen LogP contribution is -2.44. The first-order valence-electron chi connectivity index (χ1n) is 9.80. The van der Waals surface area contributed by atoms with Crippen LogP contribution in [-0.4, -0.2) is 57.9 Å². The van der Waals surface area contributed by atoms with E-state index in [-0.39, 0.29) is 0 Å². The number of imidazole rings is 1. The highest BCUT2D eigenvalue weighted by molar-refractivity contribution is 5.53. The van der Waals surface area contributed by atoms with E-state index in [1.165, 1.54) is 16.9 Å². The SMILES string of the molecule is CCCc1cnc(-c2cnn(Cc3cccc(N4CCN(C)CC4)c3)c2)[nH]1. The van der Waals surface area contributed by atoms with Crippen molar-refractivity contribution in [3.63, 3.8) is 0 Å². The van der Waals surface area contributed by atoms with Crippen LogP contribution in [0.4, 0.5) is 5.69 Å². The normalized spacial score (nSPS) is 15.4. The lowest BCUT2D eigenvalue weighted by atomic mass is 10.1. The van der Waals surface area contributed by atoms with Crippen LogP contribution in [0.25, 0.3) is 11.4 Å². The molecule has 1 aliphatic heterocycles. The van der Waals surface area contributed by atoms with Crippen LogP contribution in [0, 0.1) is 0 Å². The average Bonchev–Trinajstić information content (AvgIpc) is 3.32. The summed E-state index contributed by atoms with van der Waals surface area (Å²) in [5.74, 6) is 0.899. The summed E-state index contributed by atoms with van der Waals surface area (Å²) in [4.78, 5) is 12.7. The van der Waals surface area contributed by atoms with Gasteiger partial charge in [-0.25, -0.2) is 4.98 Å². The molecule has 0 amide bonds. The number of hydrogen-bond donors (Lipinski definition) is 1. The van der Waals surface area contributed by atoms with Gasteiger partial charge in [0.25, 0.3) is 0 Å². The van der Waals surface area contributed by atoms with E-state index in [4.69, 9.17) is 0 Å². The highest BCUT2D eigenvalue weighted by Gasteiger charge is 2.14. The summed E-state index contributed by atoms with van der Waals surface area (Å²) in [6.07, 6.45) is 8.02. The fourth-order valence-electron chi connectivity index (χ4n) is 3.58. The third-order valence-electron chi connectivity index (χ3n) is 5.18. The molecular formula is C21H28N6. The van der Waals surface area contributed by atoms with Crippen molar-refractivity contribution in [3.8, 4) is 11.4 Å². The zero-order chi connectivity index (χ0) is 18.6. The van der Waals surface area contributed by atoms with E-state index >= 15 is 0 Å². The molecule has 3 aromatic rings. The Labute approximate surface area is 160 Å². The molecule has 0 unspecified atom stereocenters. The Hall–Kier alpha value is -2.60. The molecule has 1 fully saturated rings. The predicted octanol–water partition coefficient (Wildman–Crippen LogP) is 3.03. The first-order chi connectivity index (χ1) is 13.2. The number of nitrogens with one attached hydrogen (secondary N) is 1. The number of aromatic amines is 1. The van der Waals surface area contributed by atoms with Gasteiger partial charge in [0, 0.05) is 50.0 Å². The van der Waals surface area contributed by atoms with Gasteiger partial charge in [-0.2, -0.15) is 5.10 Å². The molecule has 0 radical (unpaired) electrons. The smallest absolute Gasteiger partial charge is 0.140 e. The second-order valence-electron chi connectivity index (χ2n) is 7.39. The number of piperazine rings is 1. The molecule has 6 heteroatoms. The fraction of sp³-hybridized carbons (Fsp3) is 0.429. The molecule has 0 spiro atoms. The molecule has 2 aromatic heterocycles. The Bertz CT molecular complexity index is 872. The van der Waals surface area contributed by atoms with Gasteiger partial charge in [-0.3, -0.25) is 4.68 Å². The van der Waals surface area contributed by atoms with Crippen molar-refractivity contribution in [1.29, 1.82) is 0 Å². The maximum absolute atomic E-state index is 4.53. The van der Waals surface area contributed by atoms with Crippen molar-refractivity contribution in [2.75, 3.05) is 38.1 Å². The minimum atomic E-state index is 0.768. The Balaban J connectivity index is 1.45. The number of aryl methyl sites for hydroxylation is 1. The summed E-state index contributed by atoms with van der Waals surface area (Å²) in [7, 11) is 2.19. The van der Waals surface area contributed by atoms with Crippen LogP contribution in [0.1, 0.15) is 24.6 Å². The molecule has 3 heterocycles. The number of hydrogen-bond acceptors (Lipinski definition) is 4. The van der Waals surface area contributed by atoms with Gasteiger partial charge < -0.3 is 14.8 Å². The van der Waals surface area contributed by atoms with Crippen LogP contribution in [0.3, 0.4) is 0 Å². The first kappa shape index (κ1) is 17.8. The van der Waals surface area contributed by atoms with Gasteiger partial charge in [-0.1, -0.05) is 25.5 Å². The zero-order valence-corrected chi connectivity index (χ0v) is 16.2. The van der Waals surface area contributed by atoms with E-state index in [1.807, 2.05) is 17.1 Å². The number of anilines is 1. The van der Waals surface area contributed by atoms with Crippen molar-refractivity contribution in [3.05, 3.63) is 54.1 Å². The van der Waals surface area contributed by atoms with Crippen LogP contribution < -0.4 is 4.90 Å². The first-order valence-corrected chi connectivity index (χ1v) is 9.80. The molecule has 142 valence electrons. The van der Waals surface area contributed by atoms with Gasteiger partial charge in [-0.05, 0) is 31.2 Å². The van der Waals surface area contributed by atoms with Crippen molar-refractivity contribution in [1.82, 2.24) is 24.6 Å². The topological polar surface area (TPSA) is 53.0 Å². The third kappa shape index (κ3) is 4.22. The van der Waals surface area contributed by atoms with E-state index in [9.17, 15) is 0 Å². The van der Waals surface area contributed by atoms with Crippen LogP contribution >= 0.6 is 0 Å². The van der Waals surface area contributed by atoms with Crippen molar-refractivity contribution < 1.29 is 0 Å². The maximum atomic E-state index is 4.53. The zero-order valence-electron chi connectivity index (χ0n) is 16.2. The van der Waals surface area contributed by atoms with Gasteiger partial charge in [0.2, 0.25) is 0 Å². The van der Waals surface area contributed by atoms with Gasteiger partial charge in [-0.15, -0.1) is 0 Å². The number of H-pyrrole nitrogens is 1. The minimum Gasteiger partial charge on any atom is -0.369 e. The lowest BCUT2D eigenvalue weighted by molar-refractivity contribution is 0.313. The minimum absolute atomic E-state index is 0.768. The standard InChI is InChI=1S/C21H28N6/c1-3-5-19-14-22-21(24-19)18-13-23-27(16-18)15-17-6-4-7-20(12-17)26-10-8-25(2)9-11-26/h4,6-7,12-14,16H,3,5,8-11,15H2,1-2H3,(H,22,24). The largest absolute Gasteiger partial charge is 0.369 e. The molecule has 27 heavy (non-hydrogen) atoms. The van der Waals surface area contributed by atoms with Crippen LogP contribution in [-0.2, 0) is 13.0 Å². The van der Waals surface area contributed by atoms with Crippen LogP contribution in [0.2, 0.25) is 0 Å². The predicted molar refractivity (Wildman–Crippen MR) is 109 cm³/mol. The Morgan fingerprint density at radius 3 is 2.78 bits per heavy atom. The van der Waals surface area contributed by atoms with E-state index in [1.54, 1.807) is 0 Å². The molecule has 1 aliphatic rings. The van der Waals surface area contributed by atoms with Crippen LogP contribution in [0.5, 0.6) is 0 Å². The molecule has 0 aliphatic carbocycles. The van der Waals surface area contributed by atoms with E-state index in [0.29, 0.717) is 0 Å². The highest BCUT2D eigenvalue weighted by atomic mass is 15.3. The van der Waals surface area contributed by atoms with E-state index < -0.39 is 0 Å². The molecule has 0 atom stereocenters. The quantitative estimate of drug-likeness (QED) is 0.730. The van der Waals surface area contributed by atoms with Gasteiger partial charge >= 0.3 is 0 Å². The third-order valence-corrected chi connectivity index (χ3v) is 5.18. The summed E-state index contributed by atoms with van der Waals surface area (Å²) in [6.45, 7) is 7.36. The molecule has 4 rings (SSSR count). The summed E-state index contributed by atoms with van der Waals surface area (Å²) in [5.41, 5.74) is 4.79. The maximum Gasteiger partial charge on any atom is 0.140 e. The molecular weight excluding hydrogens is 336 g/mol. The second kappa shape index (κ2) is 7.96. The number of rotatable bonds is 6. The Morgan fingerprint density at radius 1 is 1.11 bits per heavy atom. The average molecular weight is 364 g/mol. The summed E-state index contributed by atoms with van der Waals surface area (Å²) in [5, 5.41) is 4.53. The molecule has 0 bridgehead atoms. The summed E-state index contributed by atoms with van der Waals surface area (Å²) >= 11 is 0. The molecule has 6 nitrogen and oxygen atoms in total. The van der Waals surface area contributed by atoms with Gasteiger partial charge in [0.1, 0.15) is 5.82 Å². The van der Waals surface area contributed by atoms with Gasteiger partial charge in [0.15, 0.2) is 0 Å². The Kier molecular flexibility index (Phi) is 5.25. The molecule has 0 saturated carbocycles. The van der Waals surface area contributed by atoms with Crippen molar-refractivity contribution in [2.24, 2.45) is 0 Å². The van der Waals surface area contributed by atoms with Crippen LogP contribution in [0.15, 0.2) is 42.9 Å². The van der Waals surface area contributed by atoms with Gasteiger partial charge in [0.05, 0.1) is 18.3 Å².